The Hall–Kier alpha value is -2.13. The van der Waals surface area contributed by atoms with Crippen LogP contribution in [-0.2, 0) is 5.41 Å². The fourth-order valence-corrected chi connectivity index (χ4v) is 5.84. The summed E-state index contributed by atoms with van der Waals surface area (Å²) in [5.41, 5.74) is 4.14. The van der Waals surface area contributed by atoms with Gasteiger partial charge in [0.05, 0.1) is 12.9 Å². The molecule has 2 unspecified atom stereocenters. The third kappa shape index (κ3) is 4.57. The first kappa shape index (κ1) is 22.1. The molecule has 1 fully saturated rings. The molecule has 0 radical (unpaired) electrons. The summed E-state index contributed by atoms with van der Waals surface area (Å²) in [6.45, 7) is 12.5. The largest absolute Gasteiger partial charge is 0.359 e. The molecule has 0 aliphatic carbocycles. The quantitative estimate of drug-likeness (QED) is 0.550. The van der Waals surface area contributed by atoms with Crippen molar-refractivity contribution in [3.05, 3.63) is 60.2 Å². The van der Waals surface area contributed by atoms with Gasteiger partial charge in [-0.15, -0.1) is 0 Å². The molecule has 0 saturated carbocycles. The Kier molecular flexibility index (Phi) is 6.81. The van der Waals surface area contributed by atoms with E-state index in [2.05, 4.69) is 98.4 Å². The number of rotatable bonds is 7. The second-order valence-corrected chi connectivity index (χ2v) is 9.98. The lowest BCUT2D eigenvalue weighted by Gasteiger charge is -2.51. The summed E-state index contributed by atoms with van der Waals surface area (Å²) in [5, 5.41) is 0. The van der Waals surface area contributed by atoms with Gasteiger partial charge in [-0.25, -0.2) is 0 Å². The molecule has 3 heteroatoms. The summed E-state index contributed by atoms with van der Waals surface area (Å²) in [5.74, 6) is 0. The van der Waals surface area contributed by atoms with Crippen molar-refractivity contribution in [3.8, 4) is 11.1 Å². The zero-order chi connectivity index (χ0) is 21.8. The lowest BCUT2D eigenvalue weighted by Crippen LogP contribution is -2.58. The van der Waals surface area contributed by atoms with Crippen molar-refractivity contribution in [2.75, 3.05) is 19.6 Å². The standard InChI is InChI=1S/C28H39N3/c1-22(2)31(23(3)4)19-17-28(20-29-21-30-18-9-8-12-27(28)30)26-15-13-25(14-16-26)24-10-6-5-7-11-24/h5-7,10-11,13-16,21-23,27H,8-9,12,17-20H2,1-4H3. The van der Waals surface area contributed by atoms with Gasteiger partial charge < -0.3 is 4.90 Å². The molecule has 2 aliphatic heterocycles. The zero-order valence-corrected chi connectivity index (χ0v) is 19.8. The highest BCUT2D eigenvalue weighted by Crippen LogP contribution is 2.42. The van der Waals surface area contributed by atoms with E-state index in [0.717, 1.165) is 26.1 Å². The first-order valence-electron chi connectivity index (χ1n) is 12.2. The van der Waals surface area contributed by atoms with E-state index in [1.807, 2.05) is 0 Å². The summed E-state index contributed by atoms with van der Waals surface area (Å²) in [7, 11) is 0. The van der Waals surface area contributed by atoms with Crippen LogP contribution < -0.4 is 0 Å². The van der Waals surface area contributed by atoms with Crippen molar-refractivity contribution < 1.29 is 0 Å². The molecule has 2 aromatic rings. The van der Waals surface area contributed by atoms with Crippen LogP contribution in [-0.4, -0.2) is 53.9 Å². The molecule has 31 heavy (non-hydrogen) atoms. The topological polar surface area (TPSA) is 18.8 Å². The van der Waals surface area contributed by atoms with Gasteiger partial charge >= 0.3 is 0 Å². The summed E-state index contributed by atoms with van der Waals surface area (Å²) in [6, 6.07) is 21.8. The first-order valence-corrected chi connectivity index (χ1v) is 12.2. The van der Waals surface area contributed by atoms with E-state index in [-0.39, 0.29) is 5.41 Å². The number of aliphatic imine (C=N–C) groups is 1. The Labute approximate surface area is 189 Å². The van der Waals surface area contributed by atoms with E-state index >= 15 is 0 Å². The van der Waals surface area contributed by atoms with Gasteiger partial charge in [-0.2, -0.15) is 0 Å². The molecule has 2 aliphatic rings. The highest BCUT2D eigenvalue weighted by Gasteiger charge is 2.45. The molecule has 1 saturated heterocycles. The Morgan fingerprint density at radius 1 is 0.935 bits per heavy atom. The van der Waals surface area contributed by atoms with Crippen molar-refractivity contribution >= 4 is 6.34 Å². The van der Waals surface area contributed by atoms with E-state index in [4.69, 9.17) is 4.99 Å². The van der Waals surface area contributed by atoms with Crippen LogP contribution in [0.5, 0.6) is 0 Å². The van der Waals surface area contributed by atoms with Gasteiger partial charge in [0, 0.05) is 30.1 Å². The zero-order valence-electron chi connectivity index (χ0n) is 19.8. The van der Waals surface area contributed by atoms with Gasteiger partial charge in [0.15, 0.2) is 0 Å². The van der Waals surface area contributed by atoms with Crippen molar-refractivity contribution in [3.63, 3.8) is 0 Å². The van der Waals surface area contributed by atoms with Gasteiger partial charge in [0.25, 0.3) is 0 Å². The van der Waals surface area contributed by atoms with Crippen LogP contribution in [0.2, 0.25) is 0 Å². The number of nitrogens with zero attached hydrogens (tertiary/aromatic N) is 3. The van der Waals surface area contributed by atoms with Crippen LogP contribution in [0.1, 0.15) is 58.9 Å². The van der Waals surface area contributed by atoms with Gasteiger partial charge in [0.2, 0.25) is 0 Å². The maximum absolute atomic E-state index is 4.92. The number of fused-ring (bicyclic) bond motifs is 1. The summed E-state index contributed by atoms with van der Waals surface area (Å²) >= 11 is 0. The van der Waals surface area contributed by atoms with Gasteiger partial charge in [-0.3, -0.25) is 9.89 Å². The maximum atomic E-state index is 4.92. The first-order chi connectivity index (χ1) is 15.0. The third-order valence-corrected chi connectivity index (χ3v) is 7.50. The second kappa shape index (κ2) is 9.56. The predicted molar refractivity (Wildman–Crippen MR) is 133 cm³/mol. The summed E-state index contributed by atoms with van der Waals surface area (Å²) < 4.78 is 0. The number of piperidine rings is 1. The molecule has 2 aromatic carbocycles. The number of benzene rings is 2. The molecule has 2 heterocycles. The third-order valence-electron chi connectivity index (χ3n) is 7.50. The lowest BCUT2D eigenvalue weighted by atomic mass is 9.67. The SMILES string of the molecule is CC(C)N(CCC1(c2ccc(-c3ccccc3)cc2)CN=CN2CCCCC21)C(C)C. The molecule has 2 atom stereocenters. The fraction of sp³-hybridized carbons (Fsp3) is 0.536. The Balaban J connectivity index is 1.68. The molecule has 4 rings (SSSR count). The second-order valence-electron chi connectivity index (χ2n) is 9.98. The Morgan fingerprint density at radius 3 is 2.29 bits per heavy atom. The molecular weight excluding hydrogens is 378 g/mol. The Morgan fingerprint density at radius 2 is 1.61 bits per heavy atom. The summed E-state index contributed by atoms with van der Waals surface area (Å²) in [4.78, 5) is 10.1. The Bertz CT molecular complexity index is 848. The molecule has 0 N–H and O–H groups in total. The van der Waals surface area contributed by atoms with Gasteiger partial charge in [-0.1, -0.05) is 54.6 Å². The van der Waals surface area contributed by atoms with Crippen LogP contribution in [0.4, 0.5) is 0 Å². The minimum atomic E-state index is 0.0897. The number of hydrogen-bond acceptors (Lipinski definition) is 3. The van der Waals surface area contributed by atoms with Crippen LogP contribution in [0.25, 0.3) is 11.1 Å². The normalized spacial score (nSPS) is 23.6. The minimum Gasteiger partial charge on any atom is -0.359 e. The lowest BCUT2D eigenvalue weighted by molar-refractivity contribution is 0.0998. The van der Waals surface area contributed by atoms with Crippen LogP contribution in [0.15, 0.2) is 59.6 Å². The highest BCUT2D eigenvalue weighted by molar-refractivity contribution is 5.64. The monoisotopic (exact) mass is 417 g/mol. The average molecular weight is 418 g/mol. The van der Waals surface area contributed by atoms with Crippen LogP contribution in [0, 0.1) is 0 Å². The van der Waals surface area contributed by atoms with E-state index in [1.54, 1.807) is 0 Å². The highest BCUT2D eigenvalue weighted by atomic mass is 15.2. The van der Waals surface area contributed by atoms with Crippen molar-refractivity contribution in [1.29, 1.82) is 0 Å². The van der Waals surface area contributed by atoms with Crippen LogP contribution in [0.3, 0.4) is 0 Å². The molecule has 0 spiro atoms. The van der Waals surface area contributed by atoms with Crippen molar-refractivity contribution in [2.45, 2.75) is 76.9 Å². The van der Waals surface area contributed by atoms with Gasteiger partial charge in [0.1, 0.15) is 0 Å². The molecule has 0 bridgehead atoms. The molecule has 0 aromatic heterocycles. The predicted octanol–water partition coefficient (Wildman–Crippen LogP) is 6.00. The summed E-state index contributed by atoms with van der Waals surface area (Å²) in [6.07, 6.45) is 7.19. The molecule has 0 amide bonds. The van der Waals surface area contributed by atoms with E-state index < -0.39 is 0 Å². The van der Waals surface area contributed by atoms with Crippen LogP contribution >= 0.6 is 0 Å². The molecule has 166 valence electrons. The van der Waals surface area contributed by atoms with Crippen molar-refractivity contribution in [2.24, 2.45) is 4.99 Å². The van der Waals surface area contributed by atoms with E-state index in [9.17, 15) is 0 Å². The number of hydrogen-bond donors (Lipinski definition) is 0. The minimum absolute atomic E-state index is 0.0897. The van der Waals surface area contributed by atoms with Crippen molar-refractivity contribution in [1.82, 2.24) is 9.80 Å². The molecule has 3 nitrogen and oxygen atoms in total. The average Bonchev–Trinajstić information content (AvgIpc) is 2.79. The van der Waals surface area contributed by atoms with E-state index in [1.165, 1.54) is 36.0 Å². The molecular formula is C28H39N3. The fourth-order valence-electron chi connectivity index (χ4n) is 5.84. The smallest absolute Gasteiger partial charge is 0.0853 e. The maximum Gasteiger partial charge on any atom is 0.0853 e. The van der Waals surface area contributed by atoms with Gasteiger partial charge in [-0.05, 0) is 76.6 Å². The van der Waals surface area contributed by atoms with E-state index in [0.29, 0.717) is 18.1 Å².